The summed E-state index contributed by atoms with van der Waals surface area (Å²) in [7, 11) is 0. The fraction of sp³-hybridized carbons (Fsp3) is 0.571. The molecule has 0 radical (unpaired) electrons. The lowest BCUT2D eigenvalue weighted by molar-refractivity contribution is 0.126. The Bertz CT molecular complexity index is 411. The van der Waals surface area contributed by atoms with Gasteiger partial charge in [-0.05, 0) is 55.1 Å². The van der Waals surface area contributed by atoms with Crippen LogP contribution in [0, 0.1) is 11.8 Å². The second-order valence-electron chi connectivity index (χ2n) is 5.23. The first-order valence-corrected chi connectivity index (χ1v) is 7.63. The van der Waals surface area contributed by atoms with Gasteiger partial charge < -0.3 is 5.73 Å². The van der Waals surface area contributed by atoms with Gasteiger partial charge in [-0.25, -0.2) is 0 Å². The zero-order chi connectivity index (χ0) is 13.1. The summed E-state index contributed by atoms with van der Waals surface area (Å²) in [5.74, 6) is 1.37. The number of hydrogen-bond acceptors (Lipinski definition) is 2. The standard InChI is InChI=1S/C14H20BrClN2/c1-10-4-5-18(9-12(10)7-17)8-11-6-13(16)2-3-14(11)15/h2-3,6,10,12H,4-5,7-9,17H2,1H3. The van der Waals surface area contributed by atoms with Crippen LogP contribution in [0.5, 0.6) is 0 Å². The fourth-order valence-electron chi connectivity index (χ4n) is 2.58. The molecule has 1 fully saturated rings. The Morgan fingerprint density at radius 3 is 3.00 bits per heavy atom. The fourth-order valence-corrected chi connectivity index (χ4v) is 3.15. The van der Waals surface area contributed by atoms with E-state index in [1.54, 1.807) is 0 Å². The molecule has 1 aliphatic rings. The molecule has 1 saturated heterocycles. The van der Waals surface area contributed by atoms with Gasteiger partial charge in [-0.2, -0.15) is 0 Å². The largest absolute Gasteiger partial charge is 0.330 e. The molecule has 2 nitrogen and oxygen atoms in total. The van der Waals surface area contributed by atoms with Crippen LogP contribution in [0.1, 0.15) is 18.9 Å². The Kier molecular flexibility index (Phi) is 5.07. The minimum absolute atomic E-state index is 0.622. The van der Waals surface area contributed by atoms with Crippen molar-refractivity contribution >= 4 is 27.5 Å². The maximum absolute atomic E-state index is 6.05. The van der Waals surface area contributed by atoms with Crippen LogP contribution in [-0.2, 0) is 6.54 Å². The van der Waals surface area contributed by atoms with Crippen molar-refractivity contribution in [3.05, 3.63) is 33.3 Å². The second-order valence-corrected chi connectivity index (χ2v) is 6.52. The molecule has 2 rings (SSSR count). The summed E-state index contributed by atoms with van der Waals surface area (Å²) in [4.78, 5) is 2.48. The number of rotatable bonds is 3. The molecule has 0 amide bonds. The average Bonchev–Trinajstić information content (AvgIpc) is 2.36. The van der Waals surface area contributed by atoms with Gasteiger partial charge >= 0.3 is 0 Å². The number of nitrogens with two attached hydrogens (primary N) is 1. The Balaban J connectivity index is 2.03. The number of piperidine rings is 1. The van der Waals surface area contributed by atoms with E-state index < -0.39 is 0 Å². The molecular weight excluding hydrogens is 312 g/mol. The van der Waals surface area contributed by atoms with Crippen molar-refractivity contribution in [2.45, 2.75) is 19.9 Å². The van der Waals surface area contributed by atoms with Crippen LogP contribution in [0.2, 0.25) is 5.02 Å². The smallest absolute Gasteiger partial charge is 0.0410 e. The molecule has 18 heavy (non-hydrogen) atoms. The maximum Gasteiger partial charge on any atom is 0.0410 e. The van der Waals surface area contributed by atoms with Gasteiger partial charge in [0.1, 0.15) is 0 Å². The van der Waals surface area contributed by atoms with Gasteiger partial charge in [0.05, 0.1) is 0 Å². The molecule has 0 spiro atoms. The average molecular weight is 332 g/mol. The second kappa shape index (κ2) is 6.38. The van der Waals surface area contributed by atoms with E-state index >= 15 is 0 Å². The lowest BCUT2D eigenvalue weighted by Gasteiger charge is -2.36. The van der Waals surface area contributed by atoms with Gasteiger partial charge in [-0.1, -0.05) is 34.5 Å². The van der Waals surface area contributed by atoms with Gasteiger partial charge in [0.2, 0.25) is 0 Å². The molecule has 2 unspecified atom stereocenters. The van der Waals surface area contributed by atoms with Crippen molar-refractivity contribution in [3.8, 4) is 0 Å². The van der Waals surface area contributed by atoms with E-state index in [-0.39, 0.29) is 0 Å². The van der Waals surface area contributed by atoms with Gasteiger partial charge in [0, 0.05) is 22.6 Å². The van der Waals surface area contributed by atoms with Gasteiger partial charge in [0.15, 0.2) is 0 Å². The molecule has 2 N–H and O–H groups in total. The first kappa shape index (κ1) is 14.3. The Hall–Kier alpha value is -0.0900. The number of likely N-dealkylation sites (tertiary alicyclic amines) is 1. The molecule has 100 valence electrons. The molecule has 1 aromatic rings. The third-order valence-corrected chi connectivity index (χ3v) is 4.91. The molecule has 1 heterocycles. The molecule has 1 aromatic carbocycles. The van der Waals surface area contributed by atoms with Crippen LogP contribution in [0.4, 0.5) is 0 Å². The normalized spacial score (nSPS) is 25.3. The highest BCUT2D eigenvalue weighted by Crippen LogP contribution is 2.27. The highest BCUT2D eigenvalue weighted by atomic mass is 79.9. The summed E-state index contributed by atoms with van der Waals surface area (Å²) < 4.78 is 1.13. The molecule has 0 aliphatic carbocycles. The number of hydrogen-bond donors (Lipinski definition) is 1. The lowest BCUT2D eigenvalue weighted by atomic mass is 9.87. The van der Waals surface area contributed by atoms with Crippen molar-refractivity contribution in [2.24, 2.45) is 17.6 Å². The van der Waals surface area contributed by atoms with E-state index in [1.807, 2.05) is 18.2 Å². The zero-order valence-electron chi connectivity index (χ0n) is 10.7. The summed E-state index contributed by atoms with van der Waals surface area (Å²) in [6.07, 6.45) is 1.24. The minimum atomic E-state index is 0.622. The van der Waals surface area contributed by atoms with E-state index in [9.17, 15) is 0 Å². The van der Waals surface area contributed by atoms with E-state index in [4.69, 9.17) is 17.3 Å². The molecule has 0 aromatic heterocycles. The van der Waals surface area contributed by atoms with Crippen molar-refractivity contribution in [3.63, 3.8) is 0 Å². The lowest BCUT2D eigenvalue weighted by Crippen LogP contribution is -2.42. The van der Waals surface area contributed by atoms with Gasteiger partial charge in [-0.15, -0.1) is 0 Å². The number of benzene rings is 1. The maximum atomic E-state index is 6.05. The third kappa shape index (κ3) is 3.47. The minimum Gasteiger partial charge on any atom is -0.330 e. The van der Waals surface area contributed by atoms with Gasteiger partial charge in [0.25, 0.3) is 0 Å². The highest BCUT2D eigenvalue weighted by molar-refractivity contribution is 9.10. The summed E-state index contributed by atoms with van der Waals surface area (Å²) in [5, 5.41) is 0.800. The topological polar surface area (TPSA) is 29.3 Å². The predicted octanol–water partition coefficient (Wildman–Crippen LogP) is 3.52. The van der Waals surface area contributed by atoms with E-state index in [2.05, 4.69) is 27.8 Å². The third-order valence-electron chi connectivity index (χ3n) is 3.90. The Morgan fingerprint density at radius 1 is 1.50 bits per heavy atom. The van der Waals surface area contributed by atoms with E-state index in [1.165, 1.54) is 12.0 Å². The number of halogens is 2. The number of nitrogens with zero attached hydrogens (tertiary/aromatic N) is 1. The van der Waals surface area contributed by atoms with Crippen LogP contribution >= 0.6 is 27.5 Å². The van der Waals surface area contributed by atoms with Gasteiger partial charge in [-0.3, -0.25) is 4.90 Å². The quantitative estimate of drug-likeness (QED) is 0.918. The van der Waals surface area contributed by atoms with Crippen molar-refractivity contribution in [1.82, 2.24) is 4.90 Å². The van der Waals surface area contributed by atoms with E-state index in [0.717, 1.165) is 41.6 Å². The highest BCUT2D eigenvalue weighted by Gasteiger charge is 2.25. The molecule has 1 aliphatic heterocycles. The summed E-state index contributed by atoms with van der Waals surface area (Å²) in [6.45, 7) is 6.29. The Labute approximate surface area is 123 Å². The van der Waals surface area contributed by atoms with Crippen molar-refractivity contribution < 1.29 is 0 Å². The molecule has 0 bridgehead atoms. The van der Waals surface area contributed by atoms with Crippen LogP contribution in [0.15, 0.2) is 22.7 Å². The predicted molar refractivity (Wildman–Crippen MR) is 80.8 cm³/mol. The van der Waals surface area contributed by atoms with Crippen LogP contribution < -0.4 is 5.73 Å². The van der Waals surface area contributed by atoms with Crippen LogP contribution in [-0.4, -0.2) is 24.5 Å². The molecule has 0 saturated carbocycles. The summed E-state index contributed by atoms with van der Waals surface area (Å²) in [6, 6.07) is 5.97. The molecule has 2 atom stereocenters. The SMILES string of the molecule is CC1CCN(Cc2cc(Cl)ccc2Br)CC1CN. The van der Waals surface area contributed by atoms with Crippen molar-refractivity contribution in [1.29, 1.82) is 0 Å². The molecule has 4 heteroatoms. The monoisotopic (exact) mass is 330 g/mol. The Morgan fingerprint density at radius 2 is 2.28 bits per heavy atom. The van der Waals surface area contributed by atoms with Crippen LogP contribution in [0.3, 0.4) is 0 Å². The zero-order valence-corrected chi connectivity index (χ0v) is 13.0. The van der Waals surface area contributed by atoms with E-state index in [0.29, 0.717) is 5.92 Å². The first-order valence-electron chi connectivity index (χ1n) is 6.46. The van der Waals surface area contributed by atoms with Crippen molar-refractivity contribution in [2.75, 3.05) is 19.6 Å². The molecular formula is C14H20BrClN2. The first-order chi connectivity index (χ1) is 8.60. The summed E-state index contributed by atoms with van der Waals surface area (Å²) >= 11 is 9.65. The van der Waals surface area contributed by atoms with Crippen LogP contribution in [0.25, 0.3) is 0 Å². The summed E-state index contributed by atoms with van der Waals surface area (Å²) in [5.41, 5.74) is 7.10.